The molecule has 0 aliphatic carbocycles. The fourth-order valence-electron chi connectivity index (χ4n) is 2.17. The first-order valence-electron chi connectivity index (χ1n) is 6.11. The quantitative estimate of drug-likeness (QED) is 0.725. The van der Waals surface area contributed by atoms with Crippen LogP contribution in [0.5, 0.6) is 0 Å². The molecule has 0 spiro atoms. The highest BCUT2D eigenvalue weighted by molar-refractivity contribution is 9.10. The molecule has 0 aromatic carbocycles. The molecule has 0 aromatic rings. The van der Waals surface area contributed by atoms with Crippen molar-refractivity contribution in [3.05, 3.63) is 0 Å². The fourth-order valence-corrected chi connectivity index (χ4v) is 2.46. The summed E-state index contributed by atoms with van der Waals surface area (Å²) in [6, 6.07) is 0. The Kier molecular flexibility index (Phi) is 5.65. The Hall–Kier alpha value is -0.0500. The number of amides is 1. The van der Waals surface area contributed by atoms with Gasteiger partial charge in [0.2, 0.25) is 5.91 Å². The van der Waals surface area contributed by atoms with Crippen LogP contribution < -0.4 is 0 Å². The SMILES string of the molecule is CCC1CCCN(C(=O)C(Br)CC)CC1. The number of halogens is 1. The lowest BCUT2D eigenvalue weighted by Gasteiger charge is -2.22. The minimum atomic E-state index is 0.0238. The Morgan fingerprint density at radius 3 is 2.73 bits per heavy atom. The second kappa shape index (κ2) is 6.51. The van der Waals surface area contributed by atoms with Gasteiger partial charge in [0.05, 0.1) is 4.83 Å². The van der Waals surface area contributed by atoms with E-state index in [1.54, 1.807) is 0 Å². The first kappa shape index (κ1) is 13.0. The van der Waals surface area contributed by atoms with E-state index in [0.29, 0.717) is 0 Å². The second-order valence-corrected chi connectivity index (χ2v) is 5.51. The molecule has 0 saturated carbocycles. The van der Waals surface area contributed by atoms with Crippen molar-refractivity contribution in [1.82, 2.24) is 4.90 Å². The van der Waals surface area contributed by atoms with Crippen LogP contribution in [-0.4, -0.2) is 28.7 Å². The monoisotopic (exact) mass is 275 g/mol. The highest BCUT2D eigenvalue weighted by Gasteiger charge is 2.23. The van der Waals surface area contributed by atoms with Crippen LogP contribution in [0, 0.1) is 5.92 Å². The van der Waals surface area contributed by atoms with Gasteiger partial charge in [0, 0.05) is 13.1 Å². The summed E-state index contributed by atoms with van der Waals surface area (Å²) in [4.78, 5) is 14.0. The Morgan fingerprint density at radius 2 is 2.13 bits per heavy atom. The molecular weight excluding hydrogens is 254 g/mol. The standard InChI is InChI=1S/C12H22BrNO/c1-3-10-6-5-8-14(9-7-10)12(15)11(13)4-2/h10-11H,3-9H2,1-2H3. The molecule has 0 radical (unpaired) electrons. The largest absolute Gasteiger partial charge is 0.342 e. The van der Waals surface area contributed by atoms with E-state index in [9.17, 15) is 4.79 Å². The van der Waals surface area contributed by atoms with E-state index in [-0.39, 0.29) is 10.7 Å². The zero-order valence-corrected chi connectivity index (χ0v) is 11.4. The number of hydrogen-bond acceptors (Lipinski definition) is 1. The molecule has 2 unspecified atom stereocenters. The molecule has 1 fully saturated rings. The van der Waals surface area contributed by atoms with Gasteiger partial charge in [-0.3, -0.25) is 4.79 Å². The van der Waals surface area contributed by atoms with Crippen molar-refractivity contribution in [2.45, 2.75) is 50.8 Å². The van der Waals surface area contributed by atoms with Crippen molar-refractivity contribution < 1.29 is 4.79 Å². The molecular formula is C12H22BrNO. The molecule has 15 heavy (non-hydrogen) atoms. The molecule has 0 bridgehead atoms. The lowest BCUT2D eigenvalue weighted by molar-refractivity contribution is -0.130. The van der Waals surface area contributed by atoms with Crippen LogP contribution in [0.1, 0.15) is 46.0 Å². The molecule has 1 rings (SSSR count). The topological polar surface area (TPSA) is 20.3 Å². The number of alkyl halides is 1. The average molecular weight is 276 g/mol. The first-order valence-corrected chi connectivity index (χ1v) is 7.03. The van der Waals surface area contributed by atoms with E-state index in [1.165, 1.54) is 25.7 Å². The molecule has 0 aromatic heterocycles. The first-order chi connectivity index (χ1) is 7.19. The van der Waals surface area contributed by atoms with Crippen molar-refractivity contribution in [3.63, 3.8) is 0 Å². The molecule has 1 amide bonds. The van der Waals surface area contributed by atoms with Crippen LogP contribution in [0.3, 0.4) is 0 Å². The van der Waals surface area contributed by atoms with Gasteiger partial charge in [-0.2, -0.15) is 0 Å². The Bertz CT molecular complexity index is 208. The predicted molar refractivity (Wildman–Crippen MR) is 67.2 cm³/mol. The van der Waals surface area contributed by atoms with E-state index in [4.69, 9.17) is 0 Å². The Balaban J connectivity index is 2.46. The van der Waals surface area contributed by atoms with Gasteiger partial charge in [-0.25, -0.2) is 0 Å². The molecule has 0 N–H and O–H groups in total. The van der Waals surface area contributed by atoms with Gasteiger partial charge in [0.15, 0.2) is 0 Å². The summed E-state index contributed by atoms with van der Waals surface area (Å²) in [6.07, 6.45) is 5.79. The zero-order chi connectivity index (χ0) is 11.3. The van der Waals surface area contributed by atoms with Gasteiger partial charge < -0.3 is 4.90 Å². The van der Waals surface area contributed by atoms with E-state index >= 15 is 0 Å². The van der Waals surface area contributed by atoms with Crippen LogP contribution >= 0.6 is 15.9 Å². The van der Waals surface area contributed by atoms with Gasteiger partial charge in [0.1, 0.15) is 0 Å². The molecule has 88 valence electrons. The third-order valence-corrected chi connectivity index (χ3v) is 4.40. The minimum Gasteiger partial charge on any atom is -0.342 e. The Labute approximate surface area is 102 Å². The summed E-state index contributed by atoms with van der Waals surface area (Å²) < 4.78 is 0. The number of rotatable bonds is 3. The smallest absolute Gasteiger partial charge is 0.236 e. The average Bonchev–Trinajstić information content (AvgIpc) is 2.51. The molecule has 2 nitrogen and oxygen atoms in total. The number of nitrogens with zero attached hydrogens (tertiary/aromatic N) is 1. The van der Waals surface area contributed by atoms with Crippen LogP contribution in [0.15, 0.2) is 0 Å². The van der Waals surface area contributed by atoms with Crippen LogP contribution in [-0.2, 0) is 4.79 Å². The maximum Gasteiger partial charge on any atom is 0.236 e. The normalized spacial score (nSPS) is 24.7. The van der Waals surface area contributed by atoms with Crippen molar-refractivity contribution >= 4 is 21.8 Å². The number of carbonyl (C=O) groups is 1. The predicted octanol–water partition coefficient (Wildman–Crippen LogP) is 3.20. The maximum absolute atomic E-state index is 12.0. The van der Waals surface area contributed by atoms with E-state index < -0.39 is 0 Å². The Morgan fingerprint density at radius 1 is 1.40 bits per heavy atom. The second-order valence-electron chi connectivity index (χ2n) is 4.41. The molecule has 1 saturated heterocycles. The molecule has 1 heterocycles. The summed E-state index contributed by atoms with van der Waals surface area (Å²) in [5, 5.41) is 0. The van der Waals surface area contributed by atoms with E-state index in [1.807, 2.05) is 11.8 Å². The molecule has 1 aliphatic rings. The highest BCUT2D eigenvalue weighted by atomic mass is 79.9. The summed E-state index contributed by atoms with van der Waals surface area (Å²) in [6.45, 7) is 6.21. The van der Waals surface area contributed by atoms with Crippen LogP contribution in [0.4, 0.5) is 0 Å². The van der Waals surface area contributed by atoms with Gasteiger partial charge in [0.25, 0.3) is 0 Å². The summed E-state index contributed by atoms with van der Waals surface area (Å²) in [5.74, 6) is 1.12. The van der Waals surface area contributed by atoms with Crippen LogP contribution in [0.25, 0.3) is 0 Å². The minimum absolute atomic E-state index is 0.0238. The zero-order valence-electron chi connectivity index (χ0n) is 9.84. The summed E-state index contributed by atoms with van der Waals surface area (Å²) in [5.41, 5.74) is 0. The van der Waals surface area contributed by atoms with E-state index in [0.717, 1.165) is 25.4 Å². The number of likely N-dealkylation sites (tertiary alicyclic amines) is 1. The van der Waals surface area contributed by atoms with Gasteiger partial charge in [-0.1, -0.05) is 36.2 Å². The van der Waals surface area contributed by atoms with Gasteiger partial charge >= 0.3 is 0 Å². The lowest BCUT2D eigenvalue weighted by Crippen LogP contribution is -2.37. The van der Waals surface area contributed by atoms with Crippen molar-refractivity contribution in [3.8, 4) is 0 Å². The van der Waals surface area contributed by atoms with Gasteiger partial charge in [-0.15, -0.1) is 0 Å². The number of carbonyl (C=O) groups excluding carboxylic acids is 1. The third-order valence-electron chi connectivity index (χ3n) is 3.36. The van der Waals surface area contributed by atoms with E-state index in [2.05, 4.69) is 22.9 Å². The maximum atomic E-state index is 12.0. The summed E-state index contributed by atoms with van der Waals surface area (Å²) >= 11 is 3.44. The molecule has 2 atom stereocenters. The molecule has 3 heteroatoms. The summed E-state index contributed by atoms with van der Waals surface area (Å²) in [7, 11) is 0. The fraction of sp³-hybridized carbons (Fsp3) is 0.917. The van der Waals surface area contributed by atoms with Crippen molar-refractivity contribution in [2.24, 2.45) is 5.92 Å². The van der Waals surface area contributed by atoms with Crippen LogP contribution in [0.2, 0.25) is 0 Å². The molecule has 1 aliphatic heterocycles. The van der Waals surface area contributed by atoms with Crippen molar-refractivity contribution in [1.29, 1.82) is 0 Å². The number of hydrogen-bond donors (Lipinski definition) is 0. The lowest BCUT2D eigenvalue weighted by atomic mass is 9.98. The highest BCUT2D eigenvalue weighted by Crippen LogP contribution is 2.21. The third kappa shape index (κ3) is 3.78. The van der Waals surface area contributed by atoms with Gasteiger partial charge in [-0.05, 0) is 31.6 Å². The van der Waals surface area contributed by atoms with Crippen molar-refractivity contribution in [2.75, 3.05) is 13.1 Å².